The fourth-order valence-corrected chi connectivity index (χ4v) is 2.77. The zero-order chi connectivity index (χ0) is 15.3. The van der Waals surface area contributed by atoms with Crippen LogP contribution in [-0.2, 0) is 10.0 Å². The maximum Gasteiger partial charge on any atom is 0.263 e. The van der Waals surface area contributed by atoms with Gasteiger partial charge >= 0.3 is 0 Å². The standard InChI is InChI=1S/C13H14BrN3O3S/c14-10-1-6-13(16-9-10)17-21(18,19)12-4-2-11(3-5-12)20-8-7-15/h1-6,9H,7-8,15H2,(H,16,17). The van der Waals surface area contributed by atoms with Gasteiger partial charge in [0.25, 0.3) is 10.0 Å². The summed E-state index contributed by atoms with van der Waals surface area (Å²) in [4.78, 5) is 4.10. The SMILES string of the molecule is NCCOc1ccc(S(=O)(=O)Nc2ccc(Br)cn2)cc1. The minimum Gasteiger partial charge on any atom is -0.492 e. The Morgan fingerprint density at radius 1 is 1.19 bits per heavy atom. The third-order valence-electron chi connectivity index (χ3n) is 2.49. The summed E-state index contributed by atoms with van der Waals surface area (Å²) in [7, 11) is -3.67. The van der Waals surface area contributed by atoms with Crippen molar-refractivity contribution in [2.75, 3.05) is 17.9 Å². The molecule has 21 heavy (non-hydrogen) atoms. The van der Waals surface area contributed by atoms with Gasteiger partial charge in [-0.2, -0.15) is 0 Å². The van der Waals surface area contributed by atoms with Crippen LogP contribution in [0.4, 0.5) is 5.82 Å². The third-order valence-corrected chi connectivity index (χ3v) is 4.33. The van der Waals surface area contributed by atoms with Crippen molar-refractivity contribution in [1.82, 2.24) is 4.98 Å². The molecule has 1 aromatic heterocycles. The number of nitrogens with one attached hydrogen (secondary N) is 1. The molecule has 0 spiro atoms. The Bertz CT molecular complexity index is 688. The average molecular weight is 372 g/mol. The summed E-state index contributed by atoms with van der Waals surface area (Å²) in [5.74, 6) is 0.822. The van der Waals surface area contributed by atoms with E-state index in [0.717, 1.165) is 4.47 Å². The van der Waals surface area contributed by atoms with E-state index in [9.17, 15) is 8.42 Å². The Kier molecular flexibility index (Phi) is 5.16. The van der Waals surface area contributed by atoms with E-state index in [2.05, 4.69) is 25.6 Å². The minimum absolute atomic E-state index is 0.132. The molecule has 0 aliphatic carbocycles. The molecule has 0 amide bonds. The summed E-state index contributed by atoms with van der Waals surface area (Å²) >= 11 is 3.24. The highest BCUT2D eigenvalue weighted by Crippen LogP contribution is 2.19. The molecule has 0 unspecified atom stereocenters. The molecule has 112 valence electrons. The van der Waals surface area contributed by atoms with Crippen LogP contribution < -0.4 is 15.2 Å². The number of ether oxygens (including phenoxy) is 1. The molecule has 0 saturated carbocycles. The van der Waals surface area contributed by atoms with Crippen molar-refractivity contribution in [2.24, 2.45) is 5.73 Å². The molecule has 0 atom stereocenters. The molecule has 3 N–H and O–H groups in total. The smallest absolute Gasteiger partial charge is 0.263 e. The molecular formula is C13H14BrN3O3S. The number of hydrogen-bond donors (Lipinski definition) is 2. The lowest BCUT2D eigenvalue weighted by Crippen LogP contribution is -2.14. The van der Waals surface area contributed by atoms with Gasteiger partial charge in [0.15, 0.2) is 0 Å². The minimum atomic E-state index is -3.67. The Morgan fingerprint density at radius 2 is 1.90 bits per heavy atom. The van der Waals surface area contributed by atoms with Crippen LogP contribution in [0.5, 0.6) is 5.75 Å². The number of sulfonamides is 1. The van der Waals surface area contributed by atoms with E-state index in [1.807, 2.05) is 0 Å². The quantitative estimate of drug-likeness (QED) is 0.809. The zero-order valence-corrected chi connectivity index (χ0v) is 13.4. The van der Waals surface area contributed by atoms with Crippen LogP contribution in [0.1, 0.15) is 0 Å². The van der Waals surface area contributed by atoms with E-state index in [0.29, 0.717) is 18.9 Å². The van der Waals surface area contributed by atoms with Gasteiger partial charge in [0.05, 0.1) is 4.90 Å². The number of rotatable bonds is 6. The van der Waals surface area contributed by atoms with E-state index in [4.69, 9.17) is 10.5 Å². The summed E-state index contributed by atoms with van der Waals surface area (Å²) in [5.41, 5.74) is 5.33. The highest BCUT2D eigenvalue weighted by Gasteiger charge is 2.14. The maximum atomic E-state index is 12.2. The van der Waals surface area contributed by atoms with Gasteiger partial charge in [-0.1, -0.05) is 0 Å². The molecule has 0 radical (unpaired) electrons. The van der Waals surface area contributed by atoms with Gasteiger partial charge in [-0.3, -0.25) is 4.72 Å². The largest absolute Gasteiger partial charge is 0.492 e. The van der Waals surface area contributed by atoms with Crippen molar-refractivity contribution >= 4 is 31.8 Å². The summed E-state index contributed by atoms with van der Waals surface area (Å²) in [6, 6.07) is 9.37. The lowest BCUT2D eigenvalue weighted by Gasteiger charge is -2.08. The second kappa shape index (κ2) is 6.88. The lowest BCUT2D eigenvalue weighted by atomic mass is 10.3. The van der Waals surface area contributed by atoms with E-state index in [1.165, 1.54) is 18.3 Å². The lowest BCUT2D eigenvalue weighted by molar-refractivity contribution is 0.328. The number of benzene rings is 1. The molecule has 0 aliphatic rings. The molecule has 6 nitrogen and oxygen atoms in total. The van der Waals surface area contributed by atoms with Gasteiger partial charge in [0.1, 0.15) is 18.2 Å². The molecule has 2 aromatic rings. The molecule has 1 heterocycles. The monoisotopic (exact) mass is 371 g/mol. The molecule has 1 aromatic carbocycles. The zero-order valence-electron chi connectivity index (χ0n) is 11.0. The summed E-state index contributed by atoms with van der Waals surface area (Å²) < 4.78 is 32.8. The maximum absolute atomic E-state index is 12.2. The Hall–Kier alpha value is -1.64. The molecule has 2 rings (SSSR count). The van der Waals surface area contributed by atoms with Gasteiger partial charge in [-0.25, -0.2) is 13.4 Å². The van der Waals surface area contributed by atoms with Crippen LogP contribution in [0.3, 0.4) is 0 Å². The van der Waals surface area contributed by atoms with E-state index >= 15 is 0 Å². The molecular weight excluding hydrogens is 358 g/mol. The fourth-order valence-electron chi connectivity index (χ4n) is 1.52. The first kappa shape index (κ1) is 15.7. The number of anilines is 1. The van der Waals surface area contributed by atoms with Crippen molar-refractivity contribution in [3.8, 4) is 5.75 Å². The van der Waals surface area contributed by atoms with Gasteiger partial charge in [0, 0.05) is 17.2 Å². The molecule has 0 aliphatic heterocycles. The highest BCUT2D eigenvalue weighted by atomic mass is 79.9. The average Bonchev–Trinajstić information content (AvgIpc) is 2.48. The van der Waals surface area contributed by atoms with Crippen LogP contribution in [0.2, 0.25) is 0 Å². The first-order valence-electron chi connectivity index (χ1n) is 6.08. The van der Waals surface area contributed by atoms with Crippen molar-refractivity contribution in [3.05, 3.63) is 47.1 Å². The topological polar surface area (TPSA) is 94.3 Å². The predicted octanol–water partition coefficient (Wildman–Crippen LogP) is 1.98. The normalized spacial score (nSPS) is 11.1. The second-order valence-electron chi connectivity index (χ2n) is 4.08. The predicted molar refractivity (Wildman–Crippen MR) is 83.7 cm³/mol. The van der Waals surface area contributed by atoms with Gasteiger partial charge < -0.3 is 10.5 Å². The van der Waals surface area contributed by atoms with Crippen molar-refractivity contribution in [2.45, 2.75) is 4.90 Å². The fraction of sp³-hybridized carbons (Fsp3) is 0.154. The number of nitrogens with two attached hydrogens (primary N) is 1. The number of hydrogen-bond acceptors (Lipinski definition) is 5. The van der Waals surface area contributed by atoms with Crippen molar-refractivity contribution < 1.29 is 13.2 Å². The Labute approximate surface area is 131 Å². The van der Waals surface area contributed by atoms with E-state index in [-0.39, 0.29) is 10.7 Å². The first-order valence-corrected chi connectivity index (χ1v) is 8.36. The van der Waals surface area contributed by atoms with Crippen LogP contribution in [0, 0.1) is 0 Å². The summed E-state index contributed by atoms with van der Waals surface area (Å²) in [6.45, 7) is 0.782. The Balaban J connectivity index is 2.13. The summed E-state index contributed by atoms with van der Waals surface area (Å²) in [5, 5.41) is 0. The number of halogens is 1. The third kappa shape index (κ3) is 4.42. The van der Waals surface area contributed by atoms with Crippen LogP contribution in [-0.4, -0.2) is 26.6 Å². The molecule has 0 saturated heterocycles. The van der Waals surface area contributed by atoms with E-state index in [1.54, 1.807) is 24.3 Å². The van der Waals surface area contributed by atoms with Crippen LogP contribution in [0.25, 0.3) is 0 Å². The van der Waals surface area contributed by atoms with Crippen molar-refractivity contribution in [1.29, 1.82) is 0 Å². The summed E-state index contributed by atoms with van der Waals surface area (Å²) in [6.07, 6.45) is 1.52. The second-order valence-corrected chi connectivity index (χ2v) is 6.67. The molecule has 0 bridgehead atoms. The number of pyridine rings is 1. The first-order chi connectivity index (χ1) is 10.0. The molecule has 8 heteroatoms. The van der Waals surface area contributed by atoms with Gasteiger partial charge in [-0.15, -0.1) is 0 Å². The van der Waals surface area contributed by atoms with Crippen molar-refractivity contribution in [3.63, 3.8) is 0 Å². The van der Waals surface area contributed by atoms with Gasteiger partial charge in [0.2, 0.25) is 0 Å². The van der Waals surface area contributed by atoms with Crippen LogP contribution in [0.15, 0.2) is 52.0 Å². The van der Waals surface area contributed by atoms with Gasteiger partial charge in [-0.05, 0) is 52.3 Å². The number of nitrogens with zero attached hydrogens (tertiary/aromatic N) is 1. The molecule has 0 fully saturated rings. The van der Waals surface area contributed by atoms with E-state index < -0.39 is 10.0 Å². The number of aromatic nitrogens is 1. The highest BCUT2D eigenvalue weighted by molar-refractivity contribution is 9.10. The Morgan fingerprint density at radius 3 is 2.48 bits per heavy atom. The van der Waals surface area contributed by atoms with Crippen LogP contribution >= 0.6 is 15.9 Å².